The minimum Gasteiger partial charge on any atom is -0.472 e. The van der Waals surface area contributed by atoms with E-state index in [4.69, 9.17) is 10.2 Å². The van der Waals surface area contributed by atoms with Gasteiger partial charge in [-0.1, -0.05) is 0 Å². The summed E-state index contributed by atoms with van der Waals surface area (Å²) in [6, 6.07) is 2.52. The zero-order chi connectivity index (χ0) is 19.8. The smallest absolute Gasteiger partial charge is 0.420 e. The summed E-state index contributed by atoms with van der Waals surface area (Å²) in [5, 5.41) is 0. The zero-order valence-corrected chi connectivity index (χ0v) is 14.2. The van der Waals surface area contributed by atoms with Crippen LogP contribution in [0.1, 0.15) is 18.4 Å². The van der Waals surface area contributed by atoms with Gasteiger partial charge < -0.3 is 14.6 Å². The fourth-order valence-electron chi connectivity index (χ4n) is 2.57. The Labute approximate surface area is 151 Å². The Morgan fingerprint density at radius 2 is 2.00 bits per heavy atom. The third kappa shape index (κ3) is 3.78. The Balaban J connectivity index is 2.05. The molecule has 3 aromatic rings. The molecule has 27 heavy (non-hydrogen) atoms. The first kappa shape index (κ1) is 18.5. The summed E-state index contributed by atoms with van der Waals surface area (Å²) in [5.74, 6) is -1.10. The first-order valence-electron chi connectivity index (χ1n) is 7.84. The fourth-order valence-corrected chi connectivity index (χ4v) is 2.57. The van der Waals surface area contributed by atoms with E-state index in [2.05, 4.69) is 4.98 Å². The van der Waals surface area contributed by atoms with Crippen LogP contribution in [0.4, 0.5) is 19.0 Å². The monoisotopic (exact) mass is 380 g/mol. The number of pyridine rings is 1. The largest absolute Gasteiger partial charge is 0.472 e. The van der Waals surface area contributed by atoms with Crippen LogP contribution in [0.25, 0.3) is 16.8 Å². The second-order valence-electron chi connectivity index (χ2n) is 5.90. The van der Waals surface area contributed by atoms with Crippen molar-refractivity contribution < 1.29 is 27.2 Å². The first-order valence-corrected chi connectivity index (χ1v) is 7.84. The molecular weight excluding hydrogens is 365 g/mol. The van der Waals surface area contributed by atoms with E-state index < -0.39 is 23.6 Å². The maximum Gasteiger partial charge on any atom is 0.420 e. The van der Waals surface area contributed by atoms with E-state index in [9.17, 15) is 22.8 Å². The molecule has 142 valence electrons. The number of hydrogen-bond acceptors (Lipinski definition) is 4. The molecule has 0 aliphatic rings. The summed E-state index contributed by atoms with van der Waals surface area (Å²) >= 11 is 0. The number of hydrogen-bond donors (Lipinski definition) is 1. The van der Waals surface area contributed by atoms with E-state index >= 15 is 0 Å². The van der Waals surface area contributed by atoms with Gasteiger partial charge in [0.2, 0.25) is 11.8 Å². The lowest BCUT2D eigenvalue weighted by atomic mass is 10.1. The van der Waals surface area contributed by atoms with Gasteiger partial charge in [0.05, 0.1) is 24.3 Å². The molecule has 3 heterocycles. The first-order chi connectivity index (χ1) is 12.7. The molecule has 0 radical (unpaired) electrons. The van der Waals surface area contributed by atoms with Crippen molar-refractivity contribution >= 4 is 23.3 Å². The quantitative estimate of drug-likeness (QED) is 0.736. The summed E-state index contributed by atoms with van der Waals surface area (Å²) in [6.45, 7) is 0. The van der Waals surface area contributed by atoms with Crippen molar-refractivity contribution in [2.45, 2.75) is 19.0 Å². The molecule has 3 aromatic heterocycles. The lowest BCUT2D eigenvalue weighted by Gasteiger charge is -2.13. The molecule has 0 aromatic carbocycles. The standard InChI is InChI=1S/C17H15F3N4O3/c1-23(15(26)3-2-13(21)25)14-8-24-7-11(10-4-5-27-9-10)6-12(16(24)22-14)17(18,19)20/h4-9H,2-3H2,1H3,(H2,21,25). The number of nitrogens with two attached hydrogens (primary N) is 1. The summed E-state index contributed by atoms with van der Waals surface area (Å²) < 4.78 is 46.7. The van der Waals surface area contributed by atoms with Gasteiger partial charge in [-0.3, -0.25) is 14.5 Å². The minimum atomic E-state index is -4.64. The van der Waals surface area contributed by atoms with Gasteiger partial charge in [-0.05, 0) is 12.1 Å². The van der Waals surface area contributed by atoms with Crippen LogP contribution in [0, 0.1) is 0 Å². The van der Waals surface area contributed by atoms with Crippen molar-refractivity contribution in [3.05, 3.63) is 42.6 Å². The van der Waals surface area contributed by atoms with Crippen LogP contribution in [0.15, 0.2) is 41.5 Å². The van der Waals surface area contributed by atoms with Crippen LogP contribution in [-0.4, -0.2) is 28.2 Å². The number of halogens is 3. The highest BCUT2D eigenvalue weighted by Crippen LogP contribution is 2.36. The van der Waals surface area contributed by atoms with Crippen molar-refractivity contribution in [1.29, 1.82) is 0 Å². The number of anilines is 1. The van der Waals surface area contributed by atoms with Crippen LogP contribution >= 0.6 is 0 Å². The highest BCUT2D eigenvalue weighted by atomic mass is 19.4. The summed E-state index contributed by atoms with van der Waals surface area (Å²) in [7, 11) is 1.37. The van der Waals surface area contributed by atoms with Gasteiger partial charge >= 0.3 is 6.18 Å². The Hall–Kier alpha value is -3.30. The van der Waals surface area contributed by atoms with E-state index in [0.717, 1.165) is 11.0 Å². The number of carbonyl (C=O) groups excluding carboxylic acids is 2. The van der Waals surface area contributed by atoms with E-state index in [1.165, 1.54) is 36.4 Å². The van der Waals surface area contributed by atoms with Gasteiger partial charge in [0, 0.05) is 37.2 Å². The molecule has 2 N–H and O–H groups in total. The van der Waals surface area contributed by atoms with Crippen LogP contribution in [0.3, 0.4) is 0 Å². The van der Waals surface area contributed by atoms with E-state index in [1.54, 1.807) is 6.07 Å². The van der Waals surface area contributed by atoms with E-state index in [-0.39, 0.29) is 29.9 Å². The molecular formula is C17H15F3N4O3. The van der Waals surface area contributed by atoms with E-state index in [0.29, 0.717) is 5.56 Å². The number of furan rings is 1. The van der Waals surface area contributed by atoms with Crippen molar-refractivity contribution in [3.63, 3.8) is 0 Å². The van der Waals surface area contributed by atoms with Crippen molar-refractivity contribution in [3.8, 4) is 11.1 Å². The van der Waals surface area contributed by atoms with Crippen LogP contribution in [0.5, 0.6) is 0 Å². The number of amides is 2. The molecule has 0 fully saturated rings. The third-order valence-corrected chi connectivity index (χ3v) is 4.00. The zero-order valence-electron chi connectivity index (χ0n) is 14.2. The number of alkyl halides is 3. The minimum absolute atomic E-state index is 0.0271. The molecule has 0 bridgehead atoms. The third-order valence-electron chi connectivity index (χ3n) is 4.00. The SMILES string of the molecule is CN(C(=O)CCC(N)=O)c1cn2cc(-c3ccoc3)cc(C(F)(F)F)c2n1. The van der Waals surface area contributed by atoms with Crippen molar-refractivity contribution in [1.82, 2.24) is 9.38 Å². The molecule has 0 aliphatic heterocycles. The summed E-state index contributed by atoms with van der Waals surface area (Å²) in [6.07, 6.45) is 0.513. The number of nitrogens with zero attached hydrogens (tertiary/aromatic N) is 3. The molecule has 7 nitrogen and oxygen atoms in total. The Kier molecular flexibility index (Phi) is 4.64. The maximum atomic E-state index is 13.5. The Bertz CT molecular complexity index is 993. The molecule has 0 aliphatic carbocycles. The van der Waals surface area contributed by atoms with Gasteiger partial charge in [-0.25, -0.2) is 4.98 Å². The lowest BCUT2D eigenvalue weighted by Crippen LogP contribution is -2.27. The predicted molar refractivity (Wildman–Crippen MR) is 89.7 cm³/mol. The highest BCUT2D eigenvalue weighted by molar-refractivity contribution is 5.94. The second-order valence-corrected chi connectivity index (χ2v) is 5.90. The summed E-state index contributed by atoms with van der Waals surface area (Å²) in [4.78, 5) is 28.0. The number of rotatable bonds is 5. The second kappa shape index (κ2) is 6.78. The molecule has 3 rings (SSSR count). The van der Waals surface area contributed by atoms with Crippen LogP contribution in [-0.2, 0) is 15.8 Å². The van der Waals surface area contributed by atoms with Gasteiger partial charge in [-0.15, -0.1) is 0 Å². The molecule has 0 saturated heterocycles. The van der Waals surface area contributed by atoms with Crippen molar-refractivity contribution in [2.75, 3.05) is 11.9 Å². The van der Waals surface area contributed by atoms with Gasteiger partial charge in [0.15, 0.2) is 11.5 Å². The van der Waals surface area contributed by atoms with Crippen molar-refractivity contribution in [2.24, 2.45) is 5.73 Å². The Morgan fingerprint density at radius 1 is 1.26 bits per heavy atom. The maximum absolute atomic E-state index is 13.5. The van der Waals surface area contributed by atoms with Crippen LogP contribution in [0.2, 0.25) is 0 Å². The normalized spacial score (nSPS) is 11.7. The van der Waals surface area contributed by atoms with E-state index in [1.807, 2.05) is 0 Å². The molecule has 0 saturated carbocycles. The molecule has 0 spiro atoms. The van der Waals surface area contributed by atoms with Gasteiger partial charge in [-0.2, -0.15) is 13.2 Å². The number of imidazole rings is 1. The van der Waals surface area contributed by atoms with Crippen LogP contribution < -0.4 is 10.6 Å². The number of fused-ring (bicyclic) bond motifs is 1. The summed E-state index contributed by atoms with van der Waals surface area (Å²) in [5.41, 5.74) is 4.50. The Morgan fingerprint density at radius 3 is 2.59 bits per heavy atom. The van der Waals surface area contributed by atoms with Gasteiger partial charge in [0.25, 0.3) is 0 Å². The molecule has 0 atom stereocenters. The van der Waals surface area contributed by atoms with Gasteiger partial charge in [0.1, 0.15) is 0 Å². The average molecular weight is 380 g/mol. The highest BCUT2D eigenvalue weighted by Gasteiger charge is 2.35. The predicted octanol–water partition coefficient (Wildman–Crippen LogP) is 2.84. The number of primary amides is 1. The molecule has 10 heteroatoms. The average Bonchev–Trinajstić information content (AvgIpc) is 3.26. The number of aromatic nitrogens is 2. The fraction of sp³-hybridized carbons (Fsp3) is 0.235. The molecule has 2 amide bonds. The number of carbonyl (C=O) groups is 2. The molecule has 0 unspecified atom stereocenters. The lowest BCUT2D eigenvalue weighted by molar-refractivity contribution is -0.136. The topological polar surface area (TPSA) is 93.8 Å².